The molecule has 2 nitrogen and oxygen atoms in total. The van der Waals surface area contributed by atoms with Crippen molar-refractivity contribution in [3.8, 4) is 0 Å². The highest BCUT2D eigenvalue weighted by atomic mass is 32.2. The summed E-state index contributed by atoms with van der Waals surface area (Å²) in [6.07, 6.45) is 0. The molecule has 0 aromatic heterocycles. The molecule has 1 aromatic rings. The van der Waals surface area contributed by atoms with Crippen LogP contribution >= 0.6 is 0 Å². The second-order valence-corrected chi connectivity index (χ2v) is 7.88. The van der Waals surface area contributed by atoms with Crippen LogP contribution in [0.15, 0.2) is 29.2 Å². The molecule has 3 heteroatoms. The maximum Gasteiger partial charge on any atom is 0.180 e. The molecule has 16 heavy (non-hydrogen) atoms. The lowest BCUT2D eigenvalue weighted by atomic mass is 9.87. The number of sulfone groups is 1. The molecule has 1 rings (SSSR count). The molecular weight excluding hydrogens is 220 g/mol. The van der Waals surface area contributed by atoms with Gasteiger partial charge in [-0.1, -0.05) is 32.9 Å². The van der Waals surface area contributed by atoms with Crippen LogP contribution in [0.4, 0.5) is 0 Å². The van der Waals surface area contributed by atoms with E-state index in [0.29, 0.717) is 4.90 Å². The summed E-state index contributed by atoms with van der Waals surface area (Å²) in [4.78, 5) is 0.426. The summed E-state index contributed by atoms with van der Waals surface area (Å²) < 4.78 is 24.0. The maximum absolute atomic E-state index is 12.0. The van der Waals surface area contributed by atoms with Gasteiger partial charge in [0.05, 0.1) is 10.1 Å². The van der Waals surface area contributed by atoms with Crippen LogP contribution in [0.25, 0.3) is 0 Å². The van der Waals surface area contributed by atoms with Gasteiger partial charge >= 0.3 is 0 Å². The Hall–Kier alpha value is -0.830. The van der Waals surface area contributed by atoms with Crippen molar-refractivity contribution >= 4 is 9.84 Å². The molecule has 0 bridgehead atoms. The standard InChI is InChI=1S/C13H20O2S/c1-10(2)16(14,15)12-8-6-7-11(9-12)13(3,4)5/h6-10H,1-5H3. The van der Waals surface area contributed by atoms with Gasteiger partial charge < -0.3 is 0 Å². The van der Waals surface area contributed by atoms with Crippen LogP contribution in [-0.4, -0.2) is 13.7 Å². The van der Waals surface area contributed by atoms with Gasteiger partial charge in [0, 0.05) is 0 Å². The molecule has 0 unspecified atom stereocenters. The number of hydrogen-bond acceptors (Lipinski definition) is 2. The number of hydrogen-bond donors (Lipinski definition) is 0. The summed E-state index contributed by atoms with van der Waals surface area (Å²) >= 11 is 0. The Morgan fingerprint density at radius 3 is 2.12 bits per heavy atom. The zero-order chi connectivity index (χ0) is 12.6. The Labute approximate surface area is 98.6 Å². The zero-order valence-electron chi connectivity index (χ0n) is 10.6. The van der Waals surface area contributed by atoms with E-state index in [9.17, 15) is 8.42 Å². The summed E-state index contributed by atoms with van der Waals surface area (Å²) in [6, 6.07) is 7.25. The van der Waals surface area contributed by atoms with Crippen LogP contribution in [0.1, 0.15) is 40.2 Å². The van der Waals surface area contributed by atoms with Gasteiger partial charge in [0.2, 0.25) is 0 Å². The molecule has 0 aliphatic heterocycles. The van der Waals surface area contributed by atoms with E-state index in [0.717, 1.165) is 5.56 Å². The third-order valence-electron chi connectivity index (χ3n) is 2.65. The van der Waals surface area contributed by atoms with Crippen LogP contribution in [0.3, 0.4) is 0 Å². The van der Waals surface area contributed by atoms with Crippen molar-refractivity contribution in [2.75, 3.05) is 0 Å². The largest absolute Gasteiger partial charge is 0.223 e. The topological polar surface area (TPSA) is 34.1 Å². The van der Waals surface area contributed by atoms with Gasteiger partial charge in [0.25, 0.3) is 0 Å². The van der Waals surface area contributed by atoms with Gasteiger partial charge in [-0.2, -0.15) is 0 Å². The first-order valence-corrected chi connectivity index (χ1v) is 7.05. The van der Waals surface area contributed by atoms with E-state index in [4.69, 9.17) is 0 Å². The van der Waals surface area contributed by atoms with Crippen LogP contribution in [0.2, 0.25) is 0 Å². The lowest BCUT2D eigenvalue weighted by Crippen LogP contribution is -2.16. The van der Waals surface area contributed by atoms with E-state index in [1.807, 2.05) is 12.1 Å². The number of rotatable bonds is 2. The van der Waals surface area contributed by atoms with E-state index in [1.54, 1.807) is 26.0 Å². The highest BCUT2D eigenvalue weighted by Crippen LogP contribution is 2.25. The lowest BCUT2D eigenvalue weighted by Gasteiger charge is -2.20. The van der Waals surface area contributed by atoms with E-state index >= 15 is 0 Å². The molecule has 0 fully saturated rings. The Bertz CT molecular complexity index is 465. The fourth-order valence-electron chi connectivity index (χ4n) is 1.41. The predicted molar refractivity (Wildman–Crippen MR) is 67.5 cm³/mol. The minimum atomic E-state index is -3.16. The molecule has 0 atom stereocenters. The average Bonchev–Trinajstić information content (AvgIpc) is 2.16. The zero-order valence-corrected chi connectivity index (χ0v) is 11.4. The van der Waals surface area contributed by atoms with Crippen LogP contribution in [0, 0.1) is 0 Å². The fourth-order valence-corrected chi connectivity index (χ4v) is 2.52. The van der Waals surface area contributed by atoms with Crippen molar-refractivity contribution < 1.29 is 8.42 Å². The summed E-state index contributed by atoms with van der Waals surface area (Å²) in [7, 11) is -3.16. The smallest absolute Gasteiger partial charge is 0.180 e. The van der Waals surface area contributed by atoms with Crippen molar-refractivity contribution in [1.29, 1.82) is 0 Å². The van der Waals surface area contributed by atoms with E-state index in [-0.39, 0.29) is 10.7 Å². The van der Waals surface area contributed by atoms with Gasteiger partial charge in [-0.15, -0.1) is 0 Å². The van der Waals surface area contributed by atoms with Crippen LogP contribution in [-0.2, 0) is 15.3 Å². The van der Waals surface area contributed by atoms with Crippen molar-refractivity contribution in [2.45, 2.75) is 50.2 Å². The fraction of sp³-hybridized carbons (Fsp3) is 0.538. The molecular formula is C13H20O2S. The molecule has 0 saturated heterocycles. The van der Waals surface area contributed by atoms with E-state index in [2.05, 4.69) is 20.8 Å². The van der Waals surface area contributed by atoms with Gasteiger partial charge in [-0.3, -0.25) is 0 Å². The molecule has 0 heterocycles. The third kappa shape index (κ3) is 2.64. The van der Waals surface area contributed by atoms with Gasteiger partial charge in [-0.25, -0.2) is 8.42 Å². The highest BCUT2D eigenvalue weighted by molar-refractivity contribution is 7.92. The highest BCUT2D eigenvalue weighted by Gasteiger charge is 2.21. The molecule has 0 spiro atoms. The molecule has 0 N–H and O–H groups in total. The van der Waals surface area contributed by atoms with Gasteiger partial charge in [0.1, 0.15) is 0 Å². The van der Waals surface area contributed by atoms with Gasteiger partial charge in [-0.05, 0) is 37.0 Å². The molecule has 0 radical (unpaired) electrons. The van der Waals surface area contributed by atoms with Crippen LogP contribution < -0.4 is 0 Å². The van der Waals surface area contributed by atoms with Crippen molar-refractivity contribution in [1.82, 2.24) is 0 Å². The second-order valence-electron chi connectivity index (χ2n) is 5.37. The monoisotopic (exact) mass is 240 g/mol. The van der Waals surface area contributed by atoms with Gasteiger partial charge in [0.15, 0.2) is 9.84 Å². The molecule has 0 amide bonds. The minimum Gasteiger partial charge on any atom is -0.223 e. The quantitative estimate of drug-likeness (QED) is 0.795. The van der Waals surface area contributed by atoms with E-state index in [1.165, 1.54) is 0 Å². The van der Waals surface area contributed by atoms with Crippen molar-refractivity contribution in [2.24, 2.45) is 0 Å². The first-order valence-electron chi connectivity index (χ1n) is 5.50. The SMILES string of the molecule is CC(C)S(=O)(=O)c1cccc(C(C)(C)C)c1. The Kier molecular flexibility index (Phi) is 3.48. The molecule has 0 aliphatic carbocycles. The molecule has 90 valence electrons. The summed E-state index contributed by atoms with van der Waals surface area (Å²) in [6.45, 7) is 9.65. The molecule has 0 aliphatic rings. The summed E-state index contributed by atoms with van der Waals surface area (Å²) in [5, 5.41) is -0.372. The normalized spacial score (nSPS) is 13.1. The van der Waals surface area contributed by atoms with E-state index < -0.39 is 9.84 Å². The second kappa shape index (κ2) is 4.21. The van der Waals surface area contributed by atoms with Crippen LogP contribution in [0.5, 0.6) is 0 Å². The summed E-state index contributed by atoms with van der Waals surface area (Å²) in [5.74, 6) is 0. The predicted octanol–water partition coefficient (Wildman–Crippen LogP) is 3.17. The Balaban J connectivity index is 3.30. The van der Waals surface area contributed by atoms with Crippen molar-refractivity contribution in [3.63, 3.8) is 0 Å². The third-order valence-corrected chi connectivity index (χ3v) is 4.80. The molecule has 0 saturated carbocycles. The minimum absolute atomic E-state index is 0.0253. The van der Waals surface area contributed by atoms with Crippen molar-refractivity contribution in [3.05, 3.63) is 29.8 Å². The Morgan fingerprint density at radius 1 is 1.12 bits per heavy atom. The first-order chi connectivity index (χ1) is 7.15. The molecule has 1 aromatic carbocycles. The maximum atomic E-state index is 12.0. The summed E-state index contributed by atoms with van der Waals surface area (Å²) in [5.41, 5.74) is 1.02. The Morgan fingerprint density at radius 2 is 1.69 bits per heavy atom. The average molecular weight is 240 g/mol. The first kappa shape index (κ1) is 13.2. The lowest BCUT2D eigenvalue weighted by molar-refractivity contribution is 0.580. The number of benzene rings is 1.